The molecule has 1 unspecified atom stereocenters. The molecule has 1 saturated heterocycles. The van der Waals surface area contributed by atoms with Gasteiger partial charge in [-0.3, -0.25) is 4.79 Å². The van der Waals surface area contributed by atoms with E-state index in [0.717, 1.165) is 48.5 Å². The molecule has 3 N–H and O–H groups in total. The Bertz CT molecular complexity index is 1420. The van der Waals surface area contributed by atoms with E-state index in [1.165, 1.54) is 0 Å². The zero-order valence-electron chi connectivity index (χ0n) is 23.1. The second kappa shape index (κ2) is 13.4. The van der Waals surface area contributed by atoms with Crippen LogP contribution in [0.4, 0.5) is 5.69 Å². The third-order valence-corrected chi connectivity index (χ3v) is 8.57. The maximum atomic E-state index is 14.2. The van der Waals surface area contributed by atoms with Gasteiger partial charge in [-0.2, -0.15) is 0 Å². The number of nitrogens with one attached hydrogen (secondary N) is 1. The molecule has 9 nitrogen and oxygen atoms in total. The highest BCUT2D eigenvalue weighted by molar-refractivity contribution is 7.18. The normalized spacial score (nSPS) is 14.5. The van der Waals surface area contributed by atoms with Gasteiger partial charge in [0.2, 0.25) is 0 Å². The quantitative estimate of drug-likeness (QED) is 0.255. The molecule has 1 amide bonds. The maximum Gasteiger partial charge on any atom is 0.349 e. The molecule has 2 heterocycles. The van der Waals surface area contributed by atoms with Crippen LogP contribution in [-0.4, -0.2) is 59.9 Å². The number of carboxylic acid groups (broad SMARTS) is 2. The van der Waals surface area contributed by atoms with Gasteiger partial charge in [-0.05, 0) is 76.0 Å². The molecule has 1 aliphatic heterocycles. The highest BCUT2D eigenvalue weighted by Crippen LogP contribution is 2.46. The van der Waals surface area contributed by atoms with E-state index in [4.69, 9.17) is 26.2 Å². The first-order valence-corrected chi connectivity index (χ1v) is 14.5. The maximum absolute atomic E-state index is 14.2. The van der Waals surface area contributed by atoms with Gasteiger partial charge < -0.3 is 29.9 Å². The summed E-state index contributed by atoms with van der Waals surface area (Å²) in [6, 6.07) is 14.6. The third kappa shape index (κ3) is 7.01. The Morgan fingerprint density at radius 3 is 2.44 bits per heavy atom. The minimum absolute atomic E-state index is 0.00215. The van der Waals surface area contributed by atoms with Gasteiger partial charge in [-0.1, -0.05) is 41.9 Å². The smallest absolute Gasteiger partial charge is 0.349 e. The summed E-state index contributed by atoms with van der Waals surface area (Å²) in [6.07, 6.45) is 0.801. The molecule has 0 saturated carbocycles. The van der Waals surface area contributed by atoms with Crippen LogP contribution in [0.3, 0.4) is 0 Å². The van der Waals surface area contributed by atoms with Gasteiger partial charge in [-0.25, -0.2) is 9.59 Å². The number of carboxylic acids is 2. The number of ether oxygens (including phenoxy) is 2. The standard InChI is InChI=1S/C30H33ClN2O7S/c1-17(2)33(22-10-5-4-7-18(22)3)29(36)25(19-11-13-32-14-12-19)40-21-9-6-8-20(15-21)27-24(31)26(39-16-23(34)35)28(41-27)30(37)38/h4-10,15,17,19,25,32H,11-14,16H2,1-3H3,(H,34,35)(H,37,38). The second-order valence-corrected chi connectivity index (χ2v) is 11.5. The van der Waals surface area contributed by atoms with E-state index in [9.17, 15) is 19.5 Å². The minimum atomic E-state index is -1.28. The highest BCUT2D eigenvalue weighted by atomic mass is 35.5. The molecule has 41 heavy (non-hydrogen) atoms. The van der Waals surface area contributed by atoms with E-state index in [-0.39, 0.29) is 33.5 Å². The Hall–Kier alpha value is -3.60. The lowest BCUT2D eigenvalue weighted by molar-refractivity contribution is -0.139. The molecule has 4 rings (SSSR count). The van der Waals surface area contributed by atoms with E-state index in [1.807, 2.05) is 45.0 Å². The largest absolute Gasteiger partial charge is 0.480 e. The summed E-state index contributed by atoms with van der Waals surface area (Å²) in [6.45, 7) is 6.77. The Morgan fingerprint density at radius 1 is 1.10 bits per heavy atom. The van der Waals surface area contributed by atoms with Crippen molar-refractivity contribution in [3.63, 3.8) is 0 Å². The van der Waals surface area contributed by atoms with Crippen LogP contribution in [-0.2, 0) is 9.59 Å². The van der Waals surface area contributed by atoms with Gasteiger partial charge in [-0.15, -0.1) is 11.3 Å². The second-order valence-electron chi connectivity index (χ2n) is 10.1. The predicted octanol–water partition coefficient (Wildman–Crippen LogP) is 5.73. The number of carbonyl (C=O) groups excluding carboxylic acids is 1. The molecule has 1 aliphatic rings. The summed E-state index contributed by atoms with van der Waals surface area (Å²) in [4.78, 5) is 39.1. The summed E-state index contributed by atoms with van der Waals surface area (Å²) < 4.78 is 11.7. The summed E-state index contributed by atoms with van der Waals surface area (Å²) in [5.41, 5.74) is 2.38. The first-order chi connectivity index (χ1) is 19.6. The summed E-state index contributed by atoms with van der Waals surface area (Å²) in [5.74, 6) is -2.44. The lowest BCUT2D eigenvalue weighted by Crippen LogP contribution is -2.51. The van der Waals surface area contributed by atoms with Crippen LogP contribution in [0.25, 0.3) is 10.4 Å². The highest BCUT2D eigenvalue weighted by Gasteiger charge is 2.36. The van der Waals surface area contributed by atoms with Crippen LogP contribution >= 0.6 is 22.9 Å². The lowest BCUT2D eigenvalue weighted by Gasteiger charge is -2.36. The van der Waals surface area contributed by atoms with Crippen molar-refractivity contribution in [1.82, 2.24) is 5.32 Å². The molecule has 0 aliphatic carbocycles. The molecular weight excluding hydrogens is 568 g/mol. The number of aryl methyl sites for hydroxylation is 1. The van der Waals surface area contributed by atoms with Crippen molar-refractivity contribution in [2.24, 2.45) is 5.92 Å². The Labute approximate surface area is 247 Å². The molecule has 0 radical (unpaired) electrons. The fourth-order valence-electron chi connectivity index (χ4n) is 4.96. The molecule has 1 fully saturated rings. The number of halogens is 1. The van der Waals surface area contributed by atoms with E-state index < -0.39 is 24.6 Å². The number of benzene rings is 2. The van der Waals surface area contributed by atoms with Gasteiger partial charge in [0.25, 0.3) is 5.91 Å². The number of rotatable bonds is 11. The summed E-state index contributed by atoms with van der Waals surface area (Å²) in [7, 11) is 0. The number of piperidine rings is 1. The van der Waals surface area contributed by atoms with Crippen molar-refractivity contribution in [2.45, 2.75) is 45.8 Å². The van der Waals surface area contributed by atoms with E-state index >= 15 is 0 Å². The van der Waals surface area contributed by atoms with Crippen molar-refractivity contribution >= 4 is 46.5 Å². The molecule has 2 aromatic carbocycles. The number of aromatic carboxylic acids is 1. The number of thiophene rings is 1. The van der Waals surface area contributed by atoms with Crippen molar-refractivity contribution in [1.29, 1.82) is 0 Å². The van der Waals surface area contributed by atoms with Crippen molar-refractivity contribution in [3.8, 4) is 21.9 Å². The van der Waals surface area contributed by atoms with Gasteiger partial charge in [0.15, 0.2) is 23.3 Å². The van der Waals surface area contributed by atoms with Crippen LogP contribution in [0.1, 0.15) is 41.9 Å². The van der Waals surface area contributed by atoms with Crippen LogP contribution in [0.15, 0.2) is 48.5 Å². The first kappa shape index (κ1) is 30.4. The van der Waals surface area contributed by atoms with Gasteiger partial charge in [0, 0.05) is 17.6 Å². The number of para-hydroxylation sites is 1. The van der Waals surface area contributed by atoms with Crippen molar-refractivity contribution < 1.29 is 34.1 Å². The number of amides is 1. The summed E-state index contributed by atoms with van der Waals surface area (Å²) in [5, 5.41) is 22.0. The number of nitrogens with zero attached hydrogens (tertiary/aromatic N) is 1. The van der Waals surface area contributed by atoms with E-state index in [0.29, 0.717) is 16.2 Å². The molecular formula is C30H33ClN2O7S. The Kier molecular flexibility index (Phi) is 9.90. The SMILES string of the molecule is Cc1ccccc1N(C(=O)C(Oc1cccc(-c2sc(C(=O)O)c(OCC(=O)O)c2Cl)c1)C1CCNCC1)C(C)C. The van der Waals surface area contributed by atoms with Gasteiger partial charge in [0.05, 0.1) is 4.88 Å². The summed E-state index contributed by atoms with van der Waals surface area (Å²) >= 11 is 7.38. The Morgan fingerprint density at radius 2 is 1.80 bits per heavy atom. The minimum Gasteiger partial charge on any atom is -0.480 e. The molecule has 3 aromatic rings. The number of carbonyl (C=O) groups is 3. The van der Waals surface area contributed by atoms with Gasteiger partial charge in [0.1, 0.15) is 10.8 Å². The predicted molar refractivity (Wildman–Crippen MR) is 159 cm³/mol. The third-order valence-electron chi connectivity index (χ3n) is 6.89. The van der Waals surface area contributed by atoms with Crippen molar-refractivity contribution in [2.75, 3.05) is 24.6 Å². The number of hydrogen-bond donors (Lipinski definition) is 3. The molecule has 218 valence electrons. The molecule has 0 spiro atoms. The first-order valence-electron chi connectivity index (χ1n) is 13.3. The zero-order valence-corrected chi connectivity index (χ0v) is 24.6. The zero-order chi connectivity index (χ0) is 29.7. The van der Waals surface area contributed by atoms with E-state index in [2.05, 4.69) is 5.32 Å². The Balaban J connectivity index is 1.70. The van der Waals surface area contributed by atoms with Crippen LogP contribution < -0.4 is 19.7 Å². The fraction of sp³-hybridized carbons (Fsp3) is 0.367. The molecule has 0 bridgehead atoms. The molecule has 1 atom stereocenters. The fourth-order valence-corrected chi connectivity index (χ4v) is 6.36. The average molecular weight is 601 g/mol. The van der Waals surface area contributed by atoms with Crippen molar-refractivity contribution in [3.05, 3.63) is 64.0 Å². The topological polar surface area (TPSA) is 125 Å². The number of aliphatic carboxylic acids is 1. The number of hydrogen-bond acceptors (Lipinski definition) is 7. The lowest BCUT2D eigenvalue weighted by atomic mass is 9.90. The van der Waals surface area contributed by atoms with Gasteiger partial charge >= 0.3 is 11.9 Å². The monoisotopic (exact) mass is 600 g/mol. The van der Waals surface area contributed by atoms with Crippen LogP contribution in [0.2, 0.25) is 5.02 Å². The molecule has 1 aromatic heterocycles. The molecule has 11 heteroatoms. The average Bonchev–Trinajstić information content (AvgIpc) is 3.28. The van der Waals surface area contributed by atoms with Crippen LogP contribution in [0, 0.1) is 12.8 Å². The van der Waals surface area contributed by atoms with E-state index in [1.54, 1.807) is 29.2 Å². The number of anilines is 1. The van der Waals surface area contributed by atoms with Crippen LogP contribution in [0.5, 0.6) is 11.5 Å².